The van der Waals surface area contributed by atoms with Gasteiger partial charge < -0.3 is 10.0 Å². The Morgan fingerprint density at radius 2 is 2.00 bits per heavy atom. The number of benzene rings is 1. The van der Waals surface area contributed by atoms with Crippen molar-refractivity contribution in [3.05, 3.63) is 29.8 Å². The monoisotopic (exact) mass is 221 g/mol. The molecule has 1 aromatic carbocycles. The number of aliphatic carboxylic acids is 1. The number of carboxylic acids is 1. The minimum Gasteiger partial charge on any atom is -0.480 e. The summed E-state index contributed by atoms with van der Waals surface area (Å²) in [6.07, 6.45) is 1.88. The molecule has 88 valence electrons. The molecule has 0 saturated carbocycles. The molecule has 0 saturated heterocycles. The number of carbonyl (C=O) groups is 1. The Hall–Kier alpha value is -1.51. The first-order chi connectivity index (χ1) is 7.69. The molecule has 0 spiro atoms. The van der Waals surface area contributed by atoms with Crippen LogP contribution in [0.2, 0.25) is 0 Å². The molecule has 0 aliphatic heterocycles. The number of anilines is 1. The van der Waals surface area contributed by atoms with Crippen LogP contribution in [0.4, 0.5) is 5.69 Å². The number of carboxylic acid groups (broad SMARTS) is 1. The van der Waals surface area contributed by atoms with E-state index in [-0.39, 0.29) is 6.54 Å². The summed E-state index contributed by atoms with van der Waals surface area (Å²) in [5, 5.41) is 8.89. The zero-order valence-corrected chi connectivity index (χ0v) is 9.94. The van der Waals surface area contributed by atoms with Crippen molar-refractivity contribution in [1.82, 2.24) is 0 Å². The van der Waals surface area contributed by atoms with Gasteiger partial charge in [-0.2, -0.15) is 0 Å². The largest absolute Gasteiger partial charge is 0.480 e. The highest BCUT2D eigenvalue weighted by molar-refractivity contribution is 5.74. The van der Waals surface area contributed by atoms with E-state index in [2.05, 4.69) is 19.9 Å². The third kappa shape index (κ3) is 3.26. The van der Waals surface area contributed by atoms with Crippen LogP contribution in [-0.2, 0) is 11.2 Å². The van der Waals surface area contributed by atoms with Gasteiger partial charge in [0.05, 0.1) is 0 Å². The van der Waals surface area contributed by atoms with E-state index in [1.165, 1.54) is 5.56 Å². The van der Waals surface area contributed by atoms with E-state index < -0.39 is 5.97 Å². The lowest BCUT2D eigenvalue weighted by atomic mass is 10.1. The van der Waals surface area contributed by atoms with Gasteiger partial charge in [0.1, 0.15) is 6.54 Å². The third-order valence-corrected chi connectivity index (χ3v) is 2.53. The van der Waals surface area contributed by atoms with Crippen LogP contribution in [0.15, 0.2) is 24.3 Å². The van der Waals surface area contributed by atoms with Crippen LogP contribution < -0.4 is 4.90 Å². The number of aryl methyl sites for hydroxylation is 1. The SMILES string of the molecule is CCCN(CC(=O)O)c1ccccc1CC. The van der Waals surface area contributed by atoms with Gasteiger partial charge in [-0.25, -0.2) is 0 Å². The van der Waals surface area contributed by atoms with Crippen molar-refractivity contribution in [3.63, 3.8) is 0 Å². The zero-order valence-electron chi connectivity index (χ0n) is 9.94. The summed E-state index contributed by atoms with van der Waals surface area (Å²) in [7, 11) is 0. The quantitative estimate of drug-likeness (QED) is 0.802. The van der Waals surface area contributed by atoms with E-state index in [0.717, 1.165) is 25.1 Å². The van der Waals surface area contributed by atoms with Gasteiger partial charge >= 0.3 is 5.97 Å². The van der Waals surface area contributed by atoms with Crippen LogP contribution >= 0.6 is 0 Å². The second-order valence-corrected chi connectivity index (χ2v) is 3.80. The van der Waals surface area contributed by atoms with Gasteiger partial charge in [0.25, 0.3) is 0 Å². The molecule has 1 N–H and O–H groups in total. The van der Waals surface area contributed by atoms with Gasteiger partial charge in [-0.05, 0) is 24.5 Å². The van der Waals surface area contributed by atoms with E-state index >= 15 is 0 Å². The Morgan fingerprint density at radius 3 is 2.56 bits per heavy atom. The Morgan fingerprint density at radius 1 is 1.31 bits per heavy atom. The van der Waals surface area contributed by atoms with E-state index in [0.29, 0.717) is 0 Å². The van der Waals surface area contributed by atoms with Gasteiger partial charge in [0.15, 0.2) is 0 Å². The molecule has 3 nitrogen and oxygen atoms in total. The summed E-state index contributed by atoms with van der Waals surface area (Å²) < 4.78 is 0. The van der Waals surface area contributed by atoms with E-state index in [1.54, 1.807) is 0 Å². The maximum absolute atomic E-state index is 10.8. The molecule has 0 amide bonds. The van der Waals surface area contributed by atoms with Crippen molar-refractivity contribution in [2.24, 2.45) is 0 Å². The average molecular weight is 221 g/mol. The van der Waals surface area contributed by atoms with Crippen LogP contribution in [-0.4, -0.2) is 24.2 Å². The van der Waals surface area contributed by atoms with Gasteiger partial charge in [0, 0.05) is 12.2 Å². The second kappa shape index (κ2) is 6.16. The van der Waals surface area contributed by atoms with Crippen LogP contribution in [0.3, 0.4) is 0 Å². The number of rotatable bonds is 6. The molecule has 1 rings (SSSR count). The minimum atomic E-state index is -0.778. The normalized spacial score (nSPS) is 10.1. The van der Waals surface area contributed by atoms with Gasteiger partial charge in [0.2, 0.25) is 0 Å². The fraction of sp³-hybridized carbons (Fsp3) is 0.462. The summed E-state index contributed by atoms with van der Waals surface area (Å²) >= 11 is 0. The highest BCUT2D eigenvalue weighted by atomic mass is 16.4. The Bertz CT molecular complexity index is 350. The van der Waals surface area contributed by atoms with Gasteiger partial charge in [-0.1, -0.05) is 32.0 Å². The molecule has 16 heavy (non-hydrogen) atoms. The summed E-state index contributed by atoms with van der Waals surface area (Å²) in [6, 6.07) is 8.00. The lowest BCUT2D eigenvalue weighted by molar-refractivity contribution is -0.135. The predicted octanol–water partition coefficient (Wildman–Crippen LogP) is 2.55. The van der Waals surface area contributed by atoms with E-state index in [1.807, 2.05) is 23.1 Å². The molecular formula is C13H19NO2. The molecule has 0 unspecified atom stereocenters. The van der Waals surface area contributed by atoms with E-state index in [9.17, 15) is 4.79 Å². The first-order valence-electron chi connectivity index (χ1n) is 5.73. The molecule has 0 aromatic heterocycles. The molecule has 3 heteroatoms. The van der Waals surface area contributed by atoms with Gasteiger partial charge in [-0.3, -0.25) is 4.79 Å². The molecule has 1 aromatic rings. The lowest BCUT2D eigenvalue weighted by Crippen LogP contribution is -2.31. The fourth-order valence-corrected chi connectivity index (χ4v) is 1.84. The predicted molar refractivity (Wildman–Crippen MR) is 66.0 cm³/mol. The smallest absolute Gasteiger partial charge is 0.323 e. The van der Waals surface area contributed by atoms with Crippen molar-refractivity contribution in [2.45, 2.75) is 26.7 Å². The van der Waals surface area contributed by atoms with Crippen molar-refractivity contribution < 1.29 is 9.90 Å². The molecular weight excluding hydrogens is 202 g/mol. The standard InChI is InChI=1S/C13H19NO2/c1-3-9-14(10-13(15)16)12-8-6-5-7-11(12)4-2/h5-8H,3-4,9-10H2,1-2H3,(H,15,16). The maximum atomic E-state index is 10.8. The third-order valence-electron chi connectivity index (χ3n) is 2.53. The highest BCUT2D eigenvalue weighted by Gasteiger charge is 2.12. The molecule has 0 heterocycles. The fourth-order valence-electron chi connectivity index (χ4n) is 1.84. The Kier molecular flexibility index (Phi) is 4.83. The second-order valence-electron chi connectivity index (χ2n) is 3.80. The maximum Gasteiger partial charge on any atom is 0.323 e. The lowest BCUT2D eigenvalue weighted by Gasteiger charge is -2.24. The highest BCUT2D eigenvalue weighted by Crippen LogP contribution is 2.20. The Balaban J connectivity index is 2.94. The topological polar surface area (TPSA) is 40.5 Å². The number of hydrogen-bond acceptors (Lipinski definition) is 2. The van der Waals surface area contributed by atoms with Crippen molar-refractivity contribution in [3.8, 4) is 0 Å². The van der Waals surface area contributed by atoms with Crippen molar-refractivity contribution in [2.75, 3.05) is 18.0 Å². The number of para-hydroxylation sites is 1. The molecule has 0 fully saturated rings. The molecule has 0 radical (unpaired) electrons. The summed E-state index contributed by atoms with van der Waals surface area (Å²) in [4.78, 5) is 12.7. The molecule has 0 atom stereocenters. The number of hydrogen-bond donors (Lipinski definition) is 1. The minimum absolute atomic E-state index is 0.0743. The van der Waals surface area contributed by atoms with Crippen LogP contribution in [0.25, 0.3) is 0 Å². The molecule has 0 bridgehead atoms. The van der Waals surface area contributed by atoms with Gasteiger partial charge in [-0.15, -0.1) is 0 Å². The summed E-state index contributed by atoms with van der Waals surface area (Å²) in [6.45, 7) is 5.00. The van der Waals surface area contributed by atoms with E-state index in [4.69, 9.17) is 5.11 Å². The summed E-state index contributed by atoms with van der Waals surface area (Å²) in [5.74, 6) is -0.778. The van der Waals surface area contributed by atoms with Crippen molar-refractivity contribution in [1.29, 1.82) is 0 Å². The molecule has 0 aliphatic rings. The van der Waals surface area contributed by atoms with Crippen LogP contribution in [0.5, 0.6) is 0 Å². The average Bonchev–Trinajstić information content (AvgIpc) is 2.28. The van der Waals surface area contributed by atoms with Crippen LogP contribution in [0, 0.1) is 0 Å². The first-order valence-corrected chi connectivity index (χ1v) is 5.73. The zero-order chi connectivity index (χ0) is 12.0. The number of nitrogens with zero attached hydrogens (tertiary/aromatic N) is 1. The Labute approximate surface area is 96.7 Å². The van der Waals surface area contributed by atoms with Crippen molar-refractivity contribution >= 4 is 11.7 Å². The molecule has 0 aliphatic carbocycles. The first kappa shape index (κ1) is 12.6. The summed E-state index contributed by atoms with van der Waals surface area (Å²) in [5.41, 5.74) is 2.26. The van der Waals surface area contributed by atoms with Crippen LogP contribution in [0.1, 0.15) is 25.8 Å².